The average molecular weight is 351 g/mol. The molecule has 26 heavy (non-hydrogen) atoms. The zero-order valence-corrected chi connectivity index (χ0v) is 14.6. The van der Waals surface area contributed by atoms with E-state index in [0.29, 0.717) is 16.8 Å². The summed E-state index contributed by atoms with van der Waals surface area (Å²) in [6.07, 6.45) is 2.08. The first kappa shape index (κ1) is 16.6. The number of hydrogen-bond acceptors (Lipinski definition) is 4. The Kier molecular flexibility index (Phi) is 4.36. The van der Waals surface area contributed by atoms with Crippen molar-refractivity contribution in [2.75, 3.05) is 13.6 Å². The number of hydroxylamine groups is 1. The maximum Gasteiger partial charge on any atom is 0.275 e. The summed E-state index contributed by atoms with van der Waals surface area (Å²) in [6, 6.07) is 13.5. The highest BCUT2D eigenvalue weighted by atomic mass is 16.7. The van der Waals surface area contributed by atoms with Crippen LogP contribution < -0.4 is 10.8 Å². The van der Waals surface area contributed by atoms with Gasteiger partial charge in [-0.25, -0.2) is 5.48 Å². The maximum absolute atomic E-state index is 12.2. The van der Waals surface area contributed by atoms with Gasteiger partial charge < -0.3 is 10.5 Å². The molecule has 0 aliphatic carbocycles. The lowest BCUT2D eigenvalue weighted by atomic mass is 10.0. The van der Waals surface area contributed by atoms with Crippen molar-refractivity contribution in [3.63, 3.8) is 0 Å². The van der Waals surface area contributed by atoms with E-state index in [1.54, 1.807) is 18.2 Å². The summed E-state index contributed by atoms with van der Waals surface area (Å²) in [5, 5.41) is 14.6. The molecule has 0 saturated carbocycles. The van der Waals surface area contributed by atoms with Crippen molar-refractivity contribution in [3.05, 3.63) is 59.2 Å². The van der Waals surface area contributed by atoms with Crippen molar-refractivity contribution in [1.82, 2.24) is 15.5 Å². The quantitative estimate of drug-likeness (QED) is 0.488. The number of amides is 1. The van der Waals surface area contributed by atoms with E-state index < -0.39 is 0 Å². The van der Waals surface area contributed by atoms with E-state index in [-0.39, 0.29) is 12.5 Å². The Bertz CT molecular complexity index is 961. The minimum atomic E-state index is -0.300. The highest BCUT2D eigenvalue weighted by Crippen LogP contribution is 2.36. The van der Waals surface area contributed by atoms with Crippen molar-refractivity contribution in [3.8, 4) is 11.3 Å². The molecule has 0 atom stereocenters. The largest absolute Gasteiger partial charge is 0.428 e. The summed E-state index contributed by atoms with van der Waals surface area (Å²) in [5.74, 6) is -0.300. The van der Waals surface area contributed by atoms with Crippen LogP contribution in [0.5, 0.6) is 0 Å². The van der Waals surface area contributed by atoms with E-state index in [4.69, 9.17) is 4.84 Å². The second kappa shape index (κ2) is 6.82. The van der Waals surface area contributed by atoms with E-state index in [1.165, 1.54) is 5.56 Å². The number of nitrogens with zero attached hydrogens (tertiary/aromatic N) is 1. The third-order valence-corrected chi connectivity index (χ3v) is 4.82. The zero-order valence-electron chi connectivity index (χ0n) is 14.6. The van der Waals surface area contributed by atoms with Crippen LogP contribution in [-0.4, -0.2) is 29.4 Å². The molecule has 1 aliphatic rings. The van der Waals surface area contributed by atoms with E-state index in [1.807, 2.05) is 19.2 Å². The Morgan fingerprint density at radius 1 is 1.23 bits per heavy atom. The van der Waals surface area contributed by atoms with Gasteiger partial charge in [0.15, 0.2) is 0 Å². The summed E-state index contributed by atoms with van der Waals surface area (Å²) >= 11 is 0. The predicted octanol–water partition coefficient (Wildman–Crippen LogP) is 2.87. The van der Waals surface area contributed by atoms with Crippen LogP contribution in [0.25, 0.3) is 22.2 Å². The number of hydrogen-bond donors (Lipinski definition) is 3. The first-order valence-electron chi connectivity index (χ1n) is 8.72. The molecule has 4 rings (SSSR count). The molecule has 1 aliphatic heterocycles. The first-order chi connectivity index (χ1) is 12.7. The highest BCUT2D eigenvalue weighted by molar-refractivity contribution is 6.09. The number of rotatable bonds is 5. The Hall–Kier alpha value is -2.83. The molecule has 0 fully saturated rings. The molecule has 0 unspecified atom stereocenters. The fourth-order valence-electron chi connectivity index (χ4n) is 3.55. The van der Waals surface area contributed by atoms with E-state index in [0.717, 1.165) is 40.6 Å². The number of aromatic nitrogens is 1. The van der Waals surface area contributed by atoms with Gasteiger partial charge in [-0.1, -0.05) is 30.3 Å². The van der Waals surface area contributed by atoms with Gasteiger partial charge in [0.25, 0.3) is 5.91 Å². The molecular formula is C20H21N3O3. The van der Waals surface area contributed by atoms with Gasteiger partial charge >= 0.3 is 0 Å². The fraction of sp³-hybridized carbons (Fsp3) is 0.250. The van der Waals surface area contributed by atoms with Crippen molar-refractivity contribution in [1.29, 1.82) is 0 Å². The van der Waals surface area contributed by atoms with Crippen molar-refractivity contribution in [2.24, 2.45) is 0 Å². The lowest BCUT2D eigenvalue weighted by Gasteiger charge is -2.09. The summed E-state index contributed by atoms with van der Waals surface area (Å²) in [7, 11) is 1.95. The molecule has 2 aromatic carbocycles. The minimum Gasteiger partial charge on any atom is -0.428 e. The first-order valence-corrected chi connectivity index (χ1v) is 8.72. The SMILES string of the molecule is CNCCCc1ccc(-c2c3c4c(cccc4n2O)C(=O)NOC3)cc1. The van der Waals surface area contributed by atoms with Crippen LogP contribution in [-0.2, 0) is 17.9 Å². The van der Waals surface area contributed by atoms with Crippen molar-refractivity contribution >= 4 is 16.8 Å². The lowest BCUT2D eigenvalue weighted by Crippen LogP contribution is -2.21. The van der Waals surface area contributed by atoms with Gasteiger partial charge in [0.2, 0.25) is 0 Å². The van der Waals surface area contributed by atoms with Gasteiger partial charge in [-0.05, 0) is 44.1 Å². The van der Waals surface area contributed by atoms with Crippen LogP contribution >= 0.6 is 0 Å². The molecule has 0 radical (unpaired) electrons. The number of nitrogens with one attached hydrogen (secondary N) is 2. The number of aryl methyl sites for hydroxylation is 1. The Labute approximate surface area is 151 Å². The van der Waals surface area contributed by atoms with Gasteiger partial charge in [0.1, 0.15) is 6.61 Å². The summed E-state index contributed by atoms with van der Waals surface area (Å²) in [6.45, 7) is 1.18. The summed E-state index contributed by atoms with van der Waals surface area (Å²) in [4.78, 5) is 17.5. The normalized spacial score (nSPS) is 13.7. The second-order valence-electron chi connectivity index (χ2n) is 6.46. The minimum absolute atomic E-state index is 0.200. The molecule has 3 N–H and O–H groups in total. The Balaban J connectivity index is 1.79. The van der Waals surface area contributed by atoms with Crippen LogP contribution in [0.3, 0.4) is 0 Å². The molecule has 6 heteroatoms. The number of carbonyl (C=O) groups is 1. The van der Waals surface area contributed by atoms with E-state index >= 15 is 0 Å². The topological polar surface area (TPSA) is 75.5 Å². The third-order valence-electron chi connectivity index (χ3n) is 4.82. The van der Waals surface area contributed by atoms with E-state index in [2.05, 4.69) is 22.9 Å². The monoisotopic (exact) mass is 351 g/mol. The van der Waals surface area contributed by atoms with Gasteiger partial charge in [0.05, 0.1) is 16.8 Å². The highest BCUT2D eigenvalue weighted by Gasteiger charge is 2.26. The van der Waals surface area contributed by atoms with Crippen molar-refractivity contribution in [2.45, 2.75) is 19.4 Å². The fourth-order valence-corrected chi connectivity index (χ4v) is 3.55. The van der Waals surface area contributed by atoms with Crippen LogP contribution in [0.1, 0.15) is 27.9 Å². The van der Waals surface area contributed by atoms with Crippen LogP contribution in [0, 0.1) is 0 Å². The molecule has 1 amide bonds. The van der Waals surface area contributed by atoms with Gasteiger partial charge in [-0.2, -0.15) is 4.73 Å². The molecule has 134 valence electrons. The molecule has 0 saturated heterocycles. The molecule has 1 aromatic heterocycles. The predicted molar refractivity (Wildman–Crippen MR) is 99.1 cm³/mol. The lowest BCUT2D eigenvalue weighted by molar-refractivity contribution is 0.0253. The Morgan fingerprint density at radius 2 is 2.04 bits per heavy atom. The Morgan fingerprint density at radius 3 is 2.81 bits per heavy atom. The van der Waals surface area contributed by atoms with Gasteiger partial charge in [-0.3, -0.25) is 9.63 Å². The van der Waals surface area contributed by atoms with Crippen LogP contribution in [0.15, 0.2) is 42.5 Å². The van der Waals surface area contributed by atoms with Crippen LogP contribution in [0.2, 0.25) is 0 Å². The average Bonchev–Trinajstić information content (AvgIpc) is 2.83. The standard InChI is InChI=1S/C20H21N3O3/c1-21-11-3-4-13-7-9-14(10-8-13)19-16-12-26-22-20(24)15-5-2-6-17(18(15)16)23(19)25/h2,5-10,21,25H,3-4,11-12H2,1H3,(H,22,24). The molecule has 3 aromatic rings. The van der Waals surface area contributed by atoms with Crippen LogP contribution in [0.4, 0.5) is 0 Å². The number of benzene rings is 2. The van der Waals surface area contributed by atoms with Crippen molar-refractivity contribution < 1.29 is 14.8 Å². The maximum atomic E-state index is 12.2. The summed E-state index contributed by atoms with van der Waals surface area (Å²) in [5.41, 5.74) is 7.15. The molecule has 0 spiro atoms. The van der Waals surface area contributed by atoms with Gasteiger partial charge in [-0.15, -0.1) is 0 Å². The molecule has 2 heterocycles. The molecule has 6 nitrogen and oxygen atoms in total. The zero-order chi connectivity index (χ0) is 18.1. The number of carbonyl (C=O) groups excluding carboxylic acids is 1. The smallest absolute Gasteiger partial charge is 0.275 e. The third kappa shape index (κ3) is 2.73. The second-order valence-corrected chi connectivity index (χ2v) is 6.46. The summed E-state index contributed by atoms with van der Waals surface area (Å²) < 4.78 is 1.16. The molecular weight excluding hydrogens is 330 g/mol. The molecule has 0 bridgehead atoms. The van der Waals surface area contributed by atoms with E-state index in [9.17, 15) is 10.0 Å². The van der Waals surface area contributed by atoms with Gasteiger partial charge in [0, 0.05) is 16.5 Å².